The Kier molecular flexibility index (Phi) is 5.77. The zero-order valence-electron chi connectivity index (χ0n) is 23.3. The van der Waals surface area contributed by atoms with Crippen LogP contribution in [0, 0.1) is 17.3 Å². The molecular formula is C29H30ClF4N7O2. The van der Waals surface area contributed by atoms with Crippen molar-refractivity contribution in [3.63, 3.8) is 0 Å². The molecule has 0 amide bonds. The second kappa shape index (κ2) is 9.10. The Morgan fingerprint density at radius 1 is 1.14 bits per heavy atom. The predicted molar refractivity (Wildman–Crippen MR) is 154 cm³/mol. The summed E-state index contributed by atoms with van der Waals surface area (Å²) in [5.41, 5.74) is 1.00. The first-order valence-electron chi connectivity index (χ1n) is 14.5. The van der Waals surface area contributed by atoms with Crippen LogP contribution < -0.4 is 25.8 Å². The van der Waals surface area contributed by atoms with E-state index < -0.39 is 36.0 Å². The average molecular weight is 620 g/mol. The first-order valence-corrected chi connectivity index (χ1v) is 14.9. The topological polar surface area (TPSA) is 87.6 Å². The van der Waals surface area contributed by atoms with Crippen LogP contribution in [0.25, 0.3) is 10.9 Å². The summed E-state index contributed by atoms with van der Waals surface area (Å²) in [5, 5.41) is 7.07. The maximum Gasteiger partial charge on any atom is 0.301 e. The highest BCUT2D eigenvalue weighted by Crippen LogP contribution is 2.51. The van der Waals surface area contributed by atoms with E-state index in [0.717, 1.165) is 26.2 Å². The molecule has 0 radical (unpaired) electrons. The van der Waals surface area contributed by atoms with Gasteiger partial charge in [0.15, 0.2) is 12.4 Å². The molecule has 2 saturated heterocycles. The van der Waals surface area contributed by atoms with E-state index in [0.29, 0.717) is 52.8 Å². The highest BCUT2D eigenvalue weighted by atomic mass is 35.5. The number of benzene rings is 1. The van der Waals surface area contributed by atoms with Crippen molar-refractivity contribution in [2.45, 2.75) is 37.1 Å². The van der Waals surface area contributed by atoms with Gasteiger partial charge in [-0.05, 0) is 37.0 Å². The molecule has 1 unspecified atom stereocenters. The van der Waals surface area contributed by atoms with Gasteiger partial charge < -0.3 is 29.7 Å². The van der Waals surface area contributed by atoms with Gasteiger partial charge in [-0.3, -0.25) is 4.79 Å². The zero-order valence-corrected chi connectivity index (χ0v) is 24.1. The third-order valence-electron chi connectivity index (χ3n) is 9.49. The Bertz CT molecular complexity index is 1700. The van der Waals surface area contributed by atoms with Gasteiger partial charge in [0.2, 0.25) is 11.7 Å². The largest absolute Gasteiger partial charge is 0.480 e. The fourth-order valence-electron chi connectivity index (χ4n) is 6.94. The molecular weight excluding hydrogens is 590 g/mol. The van der Waals surface area contributed by atoms with Crippen LogP contribution in [-0.2, 0) is 7.05 Å². The molecule has 2 aromatic heterocycles. The summed E-state index contributed by atoms with van der Waals surface area (Å²) in [5.74, 6) is -5.55. The minimum atomic E-state index is -3.13. The van der Waals surface area contributed by atoms with Crippen molar-refractivity contribution in [2.24, 2.45) is 24.3 Å². The number of rotatable bonds is 6. The third kappa shape index (κ3) is 4.57. The van der Waals surface area contributed by atoms with Crippen molar-refractivity contribution < 1.29 is 22.3 Å². The van der Waals surface area contributed by atoms with Crippen LogP contribution >= 0.6 is 11.6 Å². The monoisotopic (exact) mass is 619 g/mol. The number of hydrogen-bond donors (Lipinski definition) is 2. The maximum atomic E-state index is 15.0. The lowest BCUT2D eigenvalue weighted by atomic mass is 9.73. The van der Waals surface area contributed by atoms with Crippen LogP contribution in [0.15, 0.2) is 29.2 Å². The Balaban J connectivity index is 1.03. The molecule has 14 heteroatoms. The number of ether oxygens (including phenoxy) is 1. The van der Waals surface area contributed by atoms with E-state index in [4.69, 9.17) is 16.3 Å². The number of nitrogens with zero attached hydrogens (tertiary/aromatic N) is 5. The van der Waals surface area contributed by atoms with Gasteiger partial charge in [-0.15, -0.1) is 0 Å². The van der Waals surface area contributed by atoms with Gasteiger partial charge >= 0.3 is 5.92 Å². The average Bonchev–Trinajstić information content (AvgIpc) is 3.84. The zero-order chi connectivity index (χ0) is 29.9. The van der Waals surface area contributed by atoms with Crippen molar-refractivity contribution in [3.8, 4) is 5.75 Å². The highest BCUT2D eigenvalue weighted by Gasteiger charge is 2.60. The summed E-state index contributed by atoms with van der Waals surface area (Å²) < 4.78 is 63.3. The summed E-state index contributed by atoms with van der Waals surface area (Å²) in [6, 6.07) is 4.14. The molecule has 1 spiro atoms. The molecule has 2 atom stereocenters. The lowest BCUT2D eigenvalue weighted by Gasteiger charge is -2.60. The minimum Gasteiger partial charge on any atom is -0.480 e. The molecule has 4 fully saturated rings. The number of anilines is 4. The van der Waals surface area contributed by atoms with E-state index in [9.17, 15) is 22.4 Å². The van der Waals surface area contributed by atoms with Crippen molar-refractivity contribution in [1.82, 2.24) is 19.4 Å². The molecule has 5 heterocycles. The number of pyridine rings is 1. The van der Waals surface area contributed by atoms with Crippen molar-refractivity contribution >= 4 is 45.6 Å². The number of halogens is 5. The first-order chi connectivity index (χ1) is 20.4. The Morgan fingerprint density at radius 3 is 2.58 bits per heavy atom. The Hall–Kier alpha value is -3.32. The Morgan fingerprint density at radius 2 is 1.88 bits per heavy atom. The van der Waals surface area contributed by atoms with Crippen LogP contribution in [0.4, 0.5) is 40.7 Å². The van der Waals surface area contributed by atoms with Crippen LogP contribution in [0.2, 0.25) is 5.02 Å². The molecule has 0 bridgehead atoms. The minimum absolute atomic E-state index is 0.00393. The summed E-state index contributed by atoms with van der Waals surface area (Å²) in [7, 11) is 1.58. The molecule has 2 aliphatic carbocycles. The molecule has 2 saturated carbocycles. The van der Waals surface area contributed by atoms with Gasteiger partial charge in [-0.25, -0.2) is 22.5 Å². The standard InChI is InChI=1S/C29H30ClF4N7O2/c1-39-20-5-4-17(6-18(20)21-22(25(39)42)43-14-29(33,34)23(37-21)15-2-3-15)36-24-19(30)8-35-26(38-24)41-12-27(13-41)10-40(11-27)9-16-7-28(16,31)32/h4-6,8,15-16,23,37H,2-3,7,9-14H2,1H3,(H,35,36,38)/t16?,23-/m0/s1. The number of fused-ring (bicyclic) bond motifs is 3. The smallest absolute Gasteiger partial charge is 0.301 e. The van der Waals surface area contributed by atoms with Crippen LogP contribution in [0.5, 0.6) is 5.75 Å². The summed E-state index contributed by atoms with van der Waals surface area (Å²) in [6.45, 7) is 2.65. The molecule has 228 valence electrons. The molecule has 1 aromatic carbocycles. The summed E-state index contributed by atoms with van der Waals surface area (Å²) in [4.78, 5) is 26.3. The van der Waals surface area contributed by atoms with E-state index in [1.165, 1.54) is 10.8 Å². The molecule has 8 rings (SSSR count). The highest BCUT2D eigenvalue weighted by molar-refractivity contribution is 6.33. The molecule has 3 aliphatic heterocycles. The second-order valence-electron chi connectivity index (χ2n) is 13.0. The normalized spacial score (nSPS) is 26.5. The van der Waals surface area contributed by atoms with Crippen molar-refractivity contribution in [3.05, 3.63) is 39.8 Å². The summed E-state index contributed by atoms with van der Waals surface area (Å²) in [6.07, 6.45) is 2.91. The van der Waals surface area contributed by atoms with Crippen molar-refractivity contribution in [2.75, 3.05) is 54.9 Å². The number of aromatic nitrogens is 3. The van der Waals surface area contributed by atoms with E-state index in [1.807, 2.05) is 4.90 Å². The lowest BCUT2D eigenvalue weighted by Crippen LogP contribution is -2.72. The van der Waals surface area contributed by atoms with Gasteiger partial charge in [0, 0.05) is 68.6 Å². The molecule has 43 heavy (non-hydrogen) atoms. The van der Waals surface area contributed by atoms with E-state index in [-0.39, 0.29) is 29.2 Å². The SMILES string of the molecule is Cn1c(=O)c2c(c3cc(Nc4nc(N5CC6(CN(CC7CC7(F)F)C6)C5)ncc4Cl)ccc31)N[C@@H](C1CC1)C(F)(F)CO2. The van der Waals surface area contributed by atoms with Gasteiger partial charge in [0.1, 0.15) is 5.02 Å². The van der Waals surface area contributed by atoms with Crippen LogP contribution in [0.3, 0.4) is 0 Å². The quantitative estimate of drug-likeness (QED) is 0.384. The number of aryl methyl sites for hydroxylation is 1. The number of nitrogens with one attached hydrogen (secondary N) is 2. The molecule has 3 aromatic rings. The lowest BCUT2D eigenvalue weighted by molar-refractivity contribution is -0.0579. The van der Waals surface area contributed by atoms with Gasteiger partial charge in [-0.2, -0.15) is 4.98 Å². The van der Waals surface area contributed by atoms with Crippen LogP contribution in [0.1, 0.15) is 19.3 Å². The Labute approximate surface area is 249 Å². The van der Waals surface area contributed by atoms with Gasteiger partial charge in [0.05, 0.1) is 23.4 Å². The number of likely N-dealkylation sites (tertiary alicyclic amines) is 1. The third-order valence-corrected chi connectivity index (χ3v) is 9.77. The molecule has 2 N–H and O–H groups in total. The first kappa shape index (κ1) is 27.2. The second-order valence-corrected chi connectivity index (χ2v) is 13.4. The fraction of sp³-hybridized carbons (Fsp3) is 0.552. The van der Waals surface area contributed by atoms with Crippen molar-refractivity contribution in [1.29, 1.82) is 0 Å². The molecule has 5 aliphatic rings. The van der Waals surface area contributed by atoms with E-state index >= 15 is 0 Å². The van der Waals surface area contributed by atoms with Gasteiger partial charge in [0.25, 0.3) is 11.5 Å². The number of hydrogen-bond acceptors (Lipinski definition) is 8. The van der Waals surface area contributed by atoms with Gasteiger partial charge in [-0.1, -0.05) is 11.6 Å². The summed E-state index contributed by atoms with van der Waals surface area (Å²) >= 11 is 6.46. The molecule has 9 nitrogen and oxygen atoms in total. The maximum absolute atomic E-state index is 15.0. The van der Waals surface area contributed by atoms with Crippen LogP contribution in [-0.4, -0.2) is 76.7 Å². The predicted octanol–water partition coefficient (Wildman–Crippen LogP) is 4.72. The van der Waals surface area contributed by atoms with E-state index in [1.54, 1.807) is 25.2 Å². The van der Waals surface area contributed by atoms with E-state index in [2.05, 4.69) is 25.5 Å². The fourth-order valence-corrected chi connectivity index (χ4v) is 7.07. The number of alkyl halides is 4.